The largest absolute Gasteiger partial charge is 0.496 e. The van der Waals surface area contributed by atoms with E-state index in [1.165, 1.54) is 17.9 Å². The molecule has 0 unspecified atom stereocenters. The normalized spacial score (nSPS) is 10.0. The maximum absolute atomic E-state index is 11.2. The molecule has 0 saturated heterocycles. The fourth-order valence-corrected chi connectivity index (χ4v) is 1.86. The van der Waals surface area contributed by atoms with Gasteiger partial charge in [-0.1, -0.05) is 12.1 Å². The molecule has 21 heavy (non-hydrogen) atoms. The van der Waals surface area contributed by atoms with Gasteiger partial charge in [0.1, 0.15) is 5.75 Å². The third kappa shape index (κ3) is 3.46. The first-order valence-corrected chi connectivity index (χ1v) is 6.28. The van der Waals surface area contributed by atoms with Crippen molar-refractivity contribution in [3.05, 3.63) is 47.3 Å². The molecule has 2 aromatic rings. The molecule has 3 N–H and O–H groups in total. The number of nitrogens with one attached hydrogen (secondary N) is 2. The first-order chi connectivity index (χ1) is 10.2. The summed E-state index contributed by atoms with van der Waals surface area (Å²) in [5.41, 5.74) is 3.81. The van der Waals surface area contributed by atoms with E-state index in [4.69, 9.17) is 9.94 Å². The predicted molar refractivity (Wildman–Crippen MR) is 76.3 cm³/mol. The maximum Gasteiger partial charge on any atom is 0.277 e. The fraction of sp³-hybridized carbons (Fsp3) is 0.214. The van der Waals surface area contributed by atoms with Gasteiger partial charge in [-0.15, -0.1) is 0 Å². The monoisotopic (exact) mass is 288 g/mol. The van der Waals surface area contributed by atoms with E-state index in [-0.39, 0.29) is 5.56 Å². The van der Waals surface area contributed by atoms with Gasteiger partial charge in [-0.05, 0) is 18.6 Å². The molecule has 0 spiro atoms. The van der Waals surface area contributed by atoms with Crippen molar-refractivity contribution in [2.75, 3.05) is 12.4 Å². The summed E-state index contributed by atoms with van der Waals surface area (Å²) in [6.07, 6.45) is 2.66. The number of carbonyl (C=O) groups excluding carboxylic acids is 1. The van der Waals surface area contributed by atoms with Gasteiger partial charge in [0.25, 0.3) is 5.91 Å². The second-order valence-corrected chi connectivity index (χ2v) is 4.35. The van der Waals surface area contributed by atoms with E-state index < -0.39 is 5.91 Å². The van der Waals surface area contributed by atoms with Gasteiger partial charge in [-0.3, -0.25) is 10.0 Å². The Morgan fingerprint density at radius 2 is 2.05 bits per heavy atom. The quantitative estimate of drug-likeness (QED) is 0.570. The maximum atomic E-state index is 11.2. The van der Waals surface area contributed by atoms with Gasteiger partial charge < -0.3 is 10.1 Å². The molecule has 0 bridgehead atoms. The Balaban J connectivity index is 2.08. The smallest absolute Gasteiger partial charge is 0.277 e. The third-order valence-corrected chi connectivity index (χ3v) is 3.03. The average Bonchev–Trinajstić information content (AvgIpc) is 2.53. The third-order valence-electron chi connectivity index (χ3n) is 3.03. The predicted octanol–water partition coefficient (Wildman–Crippen LogP) is 1.52. The number of methoxy groups -OCH3 is 1. The highest BCUT2D eigenvalue weighted by Gasteiger charge is 2.08. The van der Waals surface area contributed by atoms with Crippen LogP contribution in [-0.4, -0.2) is 28.2 Å². The summed E-state index contributed by atoms with van der Waals surface area (Å²) >= 11 is 0. The Morgan fingerprint density at radius 3 is 2.67 bits per heavy atom. The number of rotatable bonds is 5. The van der Waals surface area contributed by atoms with E-state index in [9.17, 15) is 4.79 Å². The summed E-state index contributed by atoms with van der Waals surface area (Å²) in [6.45, 7) is 2.50. The molecule has 7 nitrogen and oxygen atoms in total. The van der Waals surface area contributed by atoms with Crippen LogP contribution in [0.4, 0.5) is 5.95 Å². The molecular weight excluding hydrogens is 272 g/mol. The van der Waals surface area contributed by atoms with Crippen molar-refractivity contribution in [1.82, 2.24) is 15.4 Å². The van der Waals surface area contributed by atoms with Gasteiger partial charge in [0.2, 0.25) is 5.95 Å². The second kappa shape index (κ2) is 6.67. The van der Waals surface area contributed by atoms with Crippen molar-refractivity contribution in [3.63, 3.8) is 0 Å². The molecule has 0 saturated carbocycles. The number of benzene rings is 1. The number of hydrogen-bond acceptors (Lipinski definition) is 6. The molecule has 0 aliphatic rings. The summed E-state index contributed by atoms with van der Waals surface area (Å²) in [6, 6.07) is 5.81. The lowest BCUT2D eigenvalue weighted by atomic mass is 10.1. The SMILES string of the molecule is COc1cccc(C)c1CNc1ncc(C(=O)NO)cn1. The standard InChI is InChI=1S/C14H16N4O3/c1-9-4-3-5-12(21-2)11(9)8-17-14-15-6-10(7-16-14)13(19)18-20/h3-7,20H,8H2,1-2H3,(H,18,19)(H,15,16,17). The minimum atomic E-state index is -0.651. The zero-order chi connectivity index (χ0) is 15.2. The van der Waals surface area contributed by atoms with Crippen LogP contribution >= 0.6 is 0 Å². The minimum absolute atomic E-state index is 0.177. The highest BCUT2D eigenvalue weighted by molar-refractivity contribution is 5.92. The highest BCUT2D eigenvalue weighted by atomic mass is 16.5. The molecule has 0 atom stereocenters. The van der Waals surface area contributed by atoms with Crippen LogP contribution < -0.4 is 15.5 Å². The molecule has 0 aliphatic heterocycles. The van der Waals surface area contributed by atoms with Gasteiger partial charge in [0, 0.05) is 24.5 Å². The number of hydroxylamine groups is 1. The van der Waals surface area contributed by atoms with E-state index in [0.717, 1.165) is 16.9 Å². The Bertz CT molecular complexity index is 629. The second-order valence-electron chi connectivity index (χ2n) is 4.35. The molecule has 1 heterocycles. The van der Waals surface area contributed by atoms with Crippen molar-refractivity contribution in [2.45, 2.75) is 13.5 Å². The summed E-state index contributed by atoms with van der Waals surface area (Å²) in [5.74, 6) is 0.524. The van der Waals surface area contributed by atoms with E-state index >= 15 is 0 Å². The van der Waals surface area contributed by atoms with Crippen LogP contribution in [0.1, 0.15) is 21.5 Å². The Hall–Kier alpha value is -2.67. The Morgan fingerprint density at radius 1 is 1.33 bits per heavy atom. The van der Waals surface area contributed by atoms with Gasteiger partial charge in [-0.25, -0.2) is 15.4 Å². The topological polar surface area (TPSA) is 96.4 Å². The molecule has 0 radical (unpaired) electrons. The molecule has 7 heteroatoms. The summed E-state index contributed by atoms with van der Waals surface area (Å²) in [5, 5.41) is 11.6. The molecular formula is C14H16N4O3. The van der Waals surface area contributed by atoms with Crippen molar-refractivity contribution in [3.8, 4) is 5.75 Å². The van der Waals surface area contributed by atoms with Crippen LogP contribution in [0.15, 0.2) is 30.6 Å². The van der Waals surface area contributed by atoms with Crippen LogP contribution in [0.5, 0.6) is 5.75 Å². The molecule has 0 aliphatic carbocycles. The van der Waals surface area contributed by atoms with Crippen molar-refractivity contribution in [1.29, 1.82) is 0 Å². The van der Waals surface area contributed by atoms with Gasteiger partial charge >= 0.3 is 0 Å². The fourth-order valence-electron chi connectivity index (χ4n) is 1.86. The summed E-state index contributed by atoms with van der Waals surface area (Å²) in [4.78, 5) is 19.2. The number of ether oxygens (including phenoxy) is 1. The zero-order valence-electron chi connectivity index (χ0n) is 11.8. The number of amides is 1. The number of carbonyl (C=O) groups is 1. The van der Waals surface area contributed by atoms with Crippen molar-refractivity contribution in [2.24, 2.45) is 0 Å². The number of anilines is 1. The molecule has 110 valence electrons. The zero-order valence-corrected chi connectivity index (χ0v) is 11.8. The van der Waals surface area contributed by atoms with Crippen molar-refractivity contribution >= 4 is 11.9 Å². The van der Waals surface area contributed by atoms with Crippen molar-refractivity contribution < 1.29 is 14.7 Å². The van der Waals surface area contributed by atoms with E-state index in [1.54, 1.807) is 7.11 Å². The van der Waals surface area contributed by atoms with Gasteiger partial charge in [0.15, 0.2) is 0 Å². The van der Waals surface area contributed by atoms with E-state index in [0.29, 0.717) is 12.5 Å². The lowest BCUT2D eigenvalue weighted by Gasteiger charge is -2.12. The van der Waals surface area contributed by atoms with Crippen LogP contribution in [0.2, 0.25) is 0 Å². The summed E-state index contributed by atoms with van der Waals surface area (Å²) < 4.78 is 5.32. The van der Waals surface area contributed by atoms with E-state index in [2.05, 4.69) is 15.3 Å². The van der Waals surface area contributed by atoms with E-state index in [1.807, 2.05) is 25.1 Å². The number of nitrogens with zero attached hydrogens (tertiary/aromatic N) is 2. The number of aromatic nitrogens is 2. The average molecular weight is 288 g/mol. The van der Waals surface area contributed by atoms with Crippen LogP contribution in [0.25, 0.3) is 0 Å². The lowest BCUT2D eigenvalue weighted by Crippen LogP contribution is -2.19. The van der Waals surface area contributed by atoms with Crippen LogP contribution in [-0.2, 0) is 6.54 Å². The minimum Gasteiger partial charge on any atom is -0.496 e. The van der Waals surface area contributed by atoms with Gasteiger partial charge in [-0.2, -0.15) is 0 Å². The first kappa shape index (κ1) is 14.7. The van der Waals surface area contributed by atoms with Crippen LogP contribution in [0, 0.1) is 6.92 Å². The molecule has 1 aromatic heterocycles. The molecule has 2 rings (SSSR count). The Labute approximate surface area is 122 Å². The first-order valence-electron chi connectivity index (χ1n) is 6.28. The molecule has 1 amide bonds. The van der Waals surface area contributed by atoms with Crippen LogP contribution in [0.3, 0.4) is 0 Å². The molecule has 1 aromatic carbocycles. The number of hydrogen-bond donors (Lipinski definition) is 3. The number of aryl methyl sites for hydroxylation is 1. The molecule has 0 fully saturated rings. The lowest BCUT2D eigenvalue weighted by molar-refractivity contribution is 0.0705. The highest BCUT2D eigenvalue weighted by Crippen LogP contribution is 2.22. The Kier molecular flexibility index (Phi) is 4.68. The summed E-state index contributed by atoms with van der Waals surface area (Å²) in [7, 11) is 1.62. The van der Waals surface area contributed by atoms with Gasteiger partial charge in [0.05, 0.1) is 12.7 Å².